The van der Waals surface area contributed by atoms with Crippen LogP contribution in [0, 0.1) is 0 Å². The first-order valence-electron chi connectivity index (χ1n) is 4.50. The SMILES string of the molecule is CCOC(=O)c1nc(Cl)c2cc(Cl)cn2n1. The normalized spacial score (nSPS) is 10.7. The van der Waals surface area contributed by atoms with Crippen molar-refractivity contribution in [1.82, 2.24) is 14.6 Å². The molecule has 84 valence electrons. The topological polar surface area (TPSA) is 56.5 Å². The Bertz CT molecular complexity index is 553. The summed E-state index contributed by atoms with van der Waals surface area (Å²) < 4.78 is 6.16. The van der Waals surface area contributed by atoms with Crippen molar-refractivity contribution in [3.05, 3.63) is 28.3 Å². The van der Waals surface area contributed by atoms with Gasteiger partial charge >= 0.3 is 5.97 Å². The first-order chi connectivity index (χ1) is 7.61. The van der Waals surface area contributed by atoms with E-state index < -0.39 is 5.97 Å². The van der Waals surface area contributed by atoms with Crippen molar-refractivity contribution < 1.29 is 9.53 Å². The molecule has 0 aliphatic heterocycles. The third kappa shape index (κ3) is 1.96. The van der Waals surface area contributed by atoms with Gasteiger partial charge in [-0.1, -0.05) is 23.2 Å². The van der Waals surface area contributed by atoms with E-state index in [1.165, 1.54) is 10.7 Å². The average Bonchev–Trinajstić information content (AvgIpc) is 2.59. The summed E-state index contributed by atoms with van der Waals surface area (Å²) in [4.78, 5) is 15.2. The van der Waals surface area contributed by atoms with Gasteiger partial charge in [0.15, 0.2) is 5.15 Å². The quantitative estimate of drug-likeness (QED) is 0.777. The summed E-state index contributed by atoms with van der Waals surface area (Å²) in [6.07, 6.45) is 1.53. The Morgan fingerprint density at radius 3 is 3.00 bits per heavy atom. The fourth-order valence-corrected chi connectivity index (χ4v) is 1.63. The van der Waals surface area contributed by atoms with E-state index in [0.29, 0.717) is 10.5 Å². The molecule has 0 atom stereocenters. The molecule has 0 fully saturated rings. The van der Waals surface area contributed by atoms with E-state index in [1.54, 1.807) is 13.0 Å². The molecule has 0 saturated carbocycles. The zero-order valence-electron chi connectivity index (χ0n) is 8.28. The molecule has 16 heavy (non-hydrogen) atoms. The predicted octanol–water partition coefficient (Wildman–Crippen LogP) is 2.21. The van der Waals surface area contributed by atoms with Gasteiger partial charge in [-0.2, -0.15) is 0 Å². The third-order valence-corrected chi connectivity index (χ3v) is 2.33. The molecule has 0 amide bonds. The molecule has 2 rings (SSSR count). The molecular formula is C9H7Cl2N3O2. The molecule has 0 saturated heterocycles. The van der Waals surface area contributed by atoms with Gasteiger partial charge in [0.1, 0.15) is 5.52 Å². The van der Waals surface area contributed by atoms with Crippen molar-refractivity contribution in [3.8, 4) is 0 Å². The Labute approximate surface area is 101 Å². The van der Waals surface area contributed by atoms with Crippen molar-refractivity contribution in [2.45, 2.75) is 6.92 Å². The Balaban J connectivity index is 2.53. The summed E-state index contributed by atoms with van der Waals surface area (Å²) in [6, 6.07) is 1.61. The van der Waals surface area contributed by atoms with Gasteiger partial charge in [-0.15, -0.1) is 5.10 Å². The van der Waals surface area contributed by atoms with Gasteiger partial charge in [-0.05, 0) is 13.0 Å². The highest BCUT2D eigenvalue weighted by molar-refractivity contribution is 6.34. The number of carbonyl (C=O) groups excluding carboxylic acids is 1. The molecule has 0 aliphatic carbocycles. The van der Waals surface area contributed by atoms with E-state index in [4.69, 9.17) is 27.9 Å². The maximum atomic E-state index is 11.4. The Hall–Kier alpha value is -1.33. The molecule has 2 aromatic rings. The van der Waals surface area contributed by atoms with Gasteiger partial charge in [0.05, 0.1) is 11.6 Å². The summed E-state index contributed by atoms with van der Waals surface area (Å²) >= 11 is 11.7. The molecule has 5 nitrogen and oxygen atoms in total. The molecule has 0 radical (unpaired) electrons. The number of ether oxygens (including phenoxy) is 1. The van der Waals surface area contributed by atoms with E-state index in [2.05, 4.69) is 10.1 Å². The van der Waals surface area contributed by atoms with Crippen LogP contribution in [0.3, 0.4) is 0 Å². The monoisotopic (exact) mass is 259 g/mol. The largest absolute Gasteiger partial charge is 0.460 e. The Morgan fingerprint density at radius 2 is 2.31 bits per heavy atom. The second-order valence-corrected chi connectivity index (χ2v) is 3.73. The maximum absolute atomic E-state index is 11.4. The zero-order chi connectivity index (χ0) is 11.7. The van der Waals surface area contributed by atoms with Crippen molar-refractivity contribution in [2.24, 2.45) is 0 Å². The van der Waals surface area contributed by atoms with Crippen LogP contribution in [-0.4, -0.2) is 27.2 Å². The van der Waals surface area contributed by atoms with Crippen molar-refractivity contribution in [1.29, 1.82) is 0 Å². The van der Waals surface area contributed by atoms with E-state index >= 15 is 0 Å². The number of esters is 1. The lowest BCUT2D eigenvalue weighted by atomic mass is 10.5. The second kappa shape index (κ2) is 4.27. The number of hydrogen-bond acceptors (Lipinski definition) is 4. The minimum Gasteiger partial charge on any atom is -0.460 e. The highest BCUT2D eigenvalue weighted by atomic mass is 35.5. The van der Waals surface area contributed by atoms with Crippen LogP contribution in [0.15, 0.2) is 12.3 Å². The number of hydrogen-bond donors (Lipinski definition) is 0. The number of nitrogens with zero attached hydrogens (tertiary/aromatic N) is 3. The molecule has 2 heterocycles. The summed E-state index contributed by atoms with van der Waals surface area (Å²) in [7, 11) is 0. The molecule has 0 aromatic carbocycles. The number of aromatic nitrogens is 3. The minimum atomic E-state index is -0.615. The van der Waals surface area contributed by atoms with Gasteiger partial charge in [0, 0.05) is 6.20 Å². The van der Waals surface area contributed by atoms with Crippen LogP contribution in [0.2, 0.25) is 10.2 Å². The van der Waals surface area contributed by atoms with E-state index in [9.17, 15) is 4.79 Å². The fourth-order valence-electron chi connectivity index (χ4n) is 1.21. The van der Waals surface area contributed by atoms with E-state index in [1.807, 2.05) is 0 Å². The van der Waals surface area contributed by atoms with Crippen LogP contribution >= 0.6 is 23.2 Å². The molecule has 0 N–H and O–H groups in total. The van der Waals surface area contributed by atoms with Crippen molar-refractivity contribution >= 4 is 34.7 Å². The summed E-state index contributed by atoms with van der Waals surface area (Å²) in [5.41, 5.74) is 0.541. The molecule has 0 bridgehead atoms. The highest BCUT2D eigenvalue weighted by Crippen LogP contribution is 2.20. The predicted molar refractivity (Wildman–Crippen MR) is 59.0 cm³/mol. The Kier molecular flexibility index (Phi) is 2.98. The average molecular weight is 260 g/mol. The fraction of sp³-hybridized carbons (Fsp3) is 0.222. The van der Waals surface area contributed by atoms with Crippen LogP contribution in [0.25, 0.3) is 5.52 Å². The second-order valence-electron chi connectivity index (χ2n) is 2.93. The van der Waals surface area contributed by atoms with Gasteiger partial charge in [-0.25, -0.2) is 14.3 Å². The number of rotatable bonds is 2. The minimum absolute atomic E-state index is 0.0911. The van der Waals surface area contributed by atoms with Gasteiger partial charge in [0.25, 0.3) is 5.82 Å². The highest BCUT2D eigenvalue weighted by Gasteiger charge is 2.14. The third-order valence-electron chi connectivity index (χ3n) is 1.84. The smallest absolute Gasteiger partial charge is 0.378 e. The summed E-state index contributed by atoms with van der Waals surface area (Å²) in [6.45, 7) is 1.95. The summed E-state index contributed by atoms with van der Waals surface area (Å²) in [5, 5.41) is 4.56. The van der Waals surface area contributed by atoms with Gasteiger partial charge in [0.2, 0.25) is 0 Å². The lowest BCUT2D eigenvalue weighted by molar-refractivity contribution is 0.0510. The molecule has 0 spiro atoms. The molecule has 2 aromatic heterocycles. The van der Waals surface area contributed by atoms with Crippen molar-refractivity contribution in [2.75, 3.05) is 6.61 Å². The zero-order valence-corrected chi connectivity index (χ0v) is 9.79. The molecular weight excluding hydrogens is 253 g/mol. The van der Waals surface area contributed by atoms with Crippen LogP contribution in [0.1, 0.15) is 17.5 Å². The first-order valence-corrected chi connectivity index (χ1v) is 5.26. The van der Waals surface area contributed by atoms with E-state index in [-0.39, 0.29) is 17.6 Å². The van der Waals surface area contributed by atoms with Gasteiger partial charge in [-0.3, -0.25) is 0 Å². The lowest BCUT2D eigenvalue weighted by Crippen LogP contribution is -2.12. The van der Waals surface area contributed by atoms with Crippen molar-refractivity contribution in [3.63, 3.8) is 0 Å². The molecule has 7 heteroatoms. The number of fused-ring (bicyclic) bond motifs is 1. The van der Waals surface area contributed by atoms with Crippen LogP contribution in [-0.2, 0) is 4.74 Å². The van der Waals surface area contributed by atoms with E-state index in [0.717, 1.165) is 0 Å². The van der Waals surface area contributed by atoms with Crippen LogP contribution < -0.4 is 0 Å². The molecule has 0 unspecified atom stereocenters. The lowest BCUT2D eigenvalue weighted by Gasteiger charge is -2.01. The first kappa shape index (κ1) is 11.2. The number of halogens is 2. The van der Waals surface area contributed by atoms with Gasteiger partial charge < -0.3 is 4.74 Å². The standard InChI is InChI=1S/C9H7Cl2N3O2/c1-2-16-9(15)8-12-7(11)6-3-5(10)4-14(6)13-8/h3-4H,2H2,1H3. The summed E-state index contributed by atoms with van der Waals surface area (Å²) in [5.74, 6) is -0.706. The van der Waals surface area contributed by atoms with Crippen LogP contribution in [0.5, 0.6) is 0 Å². The molecule has 0 aliphatic rings. The van der Waals surface area contributed by atoms with Crippen LogP contribution in [0.4, 0.5) is 0 Å². The maximum Gasteiger partial charge on any atom is 0.378 e. The number of carbonyl (C=O) groups is 1. The Morgan fingerprint density at radius 1 is 1.56 bits per heavy atom.